The molecular formula is C18H23N3O4. The van der Waals surface area contributed by atoms with Gasteiger partial charge in [-0.15, -0.1) is 0 Å². The summed E-state index contributed by atoms with van der Waals surface area (Å²) < 4.78 is 16.3. The molecule has 0 fully saturated rings. The van der Waals surface area contributed by atoms with E-state index >= 15 is 0 Å². The molecule has 1 amide bonds. The van der Waals surface area contributed by atoms with Crippen molar-refractivity contribution in [2.45, 2.75) is 39.2 Å². The molecule has 1 aromatic carbocycles. The van der Waals surface area contributed by atoms with Gasteiger partial charge in [-0.2, -0.15) is 4.98 Å². The fourth-order valence-electron chi connectivity index (χ4n) is 2.56. The number of aryl methyl sites for hydroxylation is 1. The second-order valence-corrected chi connectivity index (χ2v) is 6.43. The van der Waals surface area contributed by atoms with Gasteiger partial charge in [0.05, 0.1) is 0 Å². The summed E-state index contributed by atoms with van der Waals surface area (Å²) in [6.45, 7) is 5.63. The maximum atomic E-state index is 12.3. The lowest BCUT2D eigenvalue weighted by Crippen LogP contribution is -2.26. The molecule has 0 N–H and O–H groups in total. The summed E-state index contributed by atoms with van der Waals surface area (Å²) in [6, 6.07) is 5.75. The number of amides is 1. The number of hydrogen-bond acceptors (Lipinski definition) is 6. The highest BCUT2D eigenvalue weighted by molar-refractivity contribution is 5.76. The zero-order valence-corrected chi connectivity index (χ0v) is 14.8. The molecule has 0 radical (unpaired) electrons. The third-order valence-corrected chi connectivity index (χ3v) is 4.01. The third kappa shape index (κ3) is 4.29. The van der Waals surface area contributed by atoms with Crippen molar-refractivity contribution in [1.82, 2.24) is 15.0 Å². The van der Waals surface area contributed by atoms with Gasteiger partial charge in [0.1, 0.15) is 13.2 Å². The molecular weight excluding hydrogens is 322 g/mol. The highest BCUT2D eigenvalue weighted by Crippen LogP contribution is 2.31. The van der Waals surface area contributed by atoms with Gasteiger partial charge in [-0.3, -0.25) is 4.79 Å². The Kier molecular flexibility index (Phi) is 5.21. The van der Waals surface area contributed by atoms with Crippen LogP contribution in [0.5, 0.6) is 11.5 Å². The van der Waals surface area contributed by atoms with E-state index in [2.05, 4.69) is 10.1 Å². The van der Waals surface area contributed by atoms with Crippen molar-refractivity contribution < 1.29 is 18.8 Å². The molecule has 1 aromatic heterocycles. The fourth-order valence-corrected chi connectivity index (χ4v) is 2.56. The molecule has 134 valence electrons. The Bertz CT molecular complexity index is 742. The van der Waals surface area contributed by atoms with Crippen molar-refractivity contribution in [3.05, 3.63) is 35.5 Å². The van der Waals surface area contributed by atoms with Crippen molar-refractivity contribution in [2.24, 2.45) is 0 Å². The van der Waals surface area contributed by atoms with E-state index in [0.717, 1.165) is 17.1 Å². The number of benzene rings is 1. The molecule has 1 aliphatic rings. The molecule has 0 saturated carbocycles. The number of hydrogen-bond donors (Lipinski definition) is 0. The van der Waals surface area contributed by atoms with E-state index in [1.54, 1.807) is 11.9 Å². The van der Waals surface area contributed by atoms with Gasteiger partial charge in [-0.1, -0.05) is 25.1 Å². The predicted molar refractivity (Wildman–Crippen MR) is 90.6 cm³/mol. The Hall–Kier alpha value is -2.57. The summed E-state index contributed by atoms with van der Waals surface area (Å²) in [7, 11) is 1.78. The van der Waals surface area contributed by atoms with E-state index in [1.807, 2.05) is 32.0 Å². The summed E-state index contributed by atoms with van der Waals surface area (Å²) in [5.41, 5.74) is 1.000. The van der Waals surface area contributed by atoms with Crippen LogP contribution in [0.4, 0.5) is 0 Å². The molecule has 0 unspecified atom stereocenters. The van der Waals surface area contributed by atoms with E-state index in [1.165, 1.54) is 0 Å². The first-order valence-electron chi connectivity index (χ1n) is 8.48. The first-order chi connectivity index (χ1) is 12.0. The number of ether oxygens (including phenoxy) is 2. The standard InChI is InChI=1S/C18H23N3O4/c1-12(2)18-19-16(25-20-18)6-7-17(22)21(3)11-13-4-5-14-15(10-13)24-9-8-23-14/h4-5,10,12H,6-9,11H2,1-3H3. The van der Waals surface area contributed by atoms with Gasteiger partial charge in [0.25, 0.3) is 0 Å². The Morgan fingerprint density at radius 1 is 1.24 bits per heavy atom. The summed E-state index contributed by atoms with van der Waals surface area (Å²) >= 11 is 0. The van der Waals surface area contributed by atoms with E-state index in [0.29, 0.717) is 44.3 Å². The Morgan fingerprint density at radius 3 is 2.72 bits per heavy atom. The summed E-state index contributed by atoms with van der Waals surface area (Å²) in [5.74, 6) is 2.90. The first-order valence-corrected chi connectivity index (χ1v) is 8.48. The minimum atomic E-state index is 0.0270. The van der Waals surface area contributed by atoms with Crippen molar-refractivity contribution in [3.8, 4) is 11.5 Å². The molecule has 0 aliphatic carbocycles. The van der Waals surface area contributed by atoms with E-state index in [-0.39, 0.29) is 11.8 Å². The quantitative estimate of drug-likeness (QED) is 0.801. The lowest BCUT2D eigenvalue weighted by molar-refractivity contribution is -0.130. The van der Waals surface area contributed by atoms with Crippen LogP contribution in [0.25, 0.3) is 0 Å². The third-order valence-electron chi connectivity index (χ3n) is 4.01. The van der Waals surface area contributed by atoms with Crippen LogP contribution < -0.4 is 9.47 Å². The Labute approximate surface area is 146 Å². The number of carbonyl (C=O) groups is 1. The zero-order valence-electron chi connectivity index (χ0n) is 14.8. The van der Waals surface area contributed by atoms with E-state index < -0.39 is 0 Å². The maximum Gasteiger partial charge on any atom is 0.227 e. The Balaban J connectivity index is 1.53. The van der Waals surface area contributed by atoms with Gasteiger partial charge in [0.2, 0.25) is 11.8 Å². The van der Waals surface area contributed by atoms with Gasteiger partial charge in [-0.05, 0) is 17.7 Å². The lowest BCUT2D eigenvalue weighted by Gasteiger charge is -2.21. The van der Waals surface area contributed by atoms with Crippen molar-refractivity contribution in [3.63, 3.8) is 0 Å². The van der Waals surface area contributed by atoms with Gasteiger partial charge in [0, 0.05) is 32.4 Å². The molecule has 25 heavy (non-hydrogen) atoms. The zero-order chi connectivity index (χ0) is 17.8. The molecule has 0 atom stereocenters. The number of carbonyl (C=O) groups excluding carboxylic acids is 1. The van der Waals surface area contributed by atoms with Crippen molar-refractivity contribution >= 4 is 5.91 Å². The molecule has 2 aromatic rings. The van der Waals surface area contributed by atoms with E-state index in [9.17, 15) is 4.79 Å². The average molecular weight is 345 g/mol. The van der Waals surface area contributed by atoms with E-state index in [4.69, 9.17) is 14.0 Å². The minimum Gasteiger partial charge on any atom is -0.486 e. The van der Waals surface area contributed by atoms with Crippen LogP contribution in [0.1, 0.15) is 43.5 Å². The SMILES string of the molecule is CC(C)c1noc(CCC(=O)N(C)Cc2ccc3c(c2)OCCO3)n1. The molecule has 3 rings (SSSR count). The topological polar surface area (TPSA) is 77.7 Å². The van der Waals surface area contributed by atoms with Gasteiger partial charge >= 0.3 is 0 Å². The van der Waals surface area contributed by atoms with Crippen LogP contribution in [0.3, 0.4) is 0 Å². The molecule has 7 nitrogen and oxygen atoms in total. The monoisotopic (exact) mass is 345 g/mol. The summed E-state index contributed by atoms with van der Waals surface area (Å²) in [5, 5.41) is 3.91. The number of nitrogens with zero attached hydrogens (tertiary/aromatic N) is 3. The molecule has 1 aliphatic heterocycles. The van der Waals surface area contributed by atoms with Gasteiger partial charge < -0.3 is 18.9 Å². The molecule has 7 heteroatoms. The fraction of sp³-hybridized carbons (Fsp3) is 0.500. The molecule has 0 bridgehead atoms. The van der Waals surface area contributed by atoms with Gasteiger partial charge in [-0.25, -0.2) is 0 Å². The molecule has 0 saturated heterocycles. The second-order valence-electron chi connectivity index (χ2n) is 6.43. The largest absolute Gasteiger partial charge is 0.486 e. The maximum absolute atomic E-state index is 12.3. The molecule has 2 heterocycles. The number of rotatable bonds is 6. The molecule has 0 spiro atoms. The van der Waals surface area contributed by atoms with Crippen LogP contribution in [0.2, 0.25) is 0 Å². The smallest absolute Gasteiger partial charge is 0.227 e. The summed E-state index contributed by atoms with van der Waals surface area (Å²) in [4.78, 5) is 18.3. The normalized spacial score (nSPS) is 13.1. The average Bonchev–Trinajstić information content (AvgIpc) is 3.09. The number of aromatic nitrogens is 2. The minimum absolute atomic E-state index is 0.0270. The lowest BCUT2D eigenvalue weighted by atomic mass is 10.1. The van der Waals surface area contributed by atoms with Crippen molar-refractivity contribution in [2.75, 3.05) is 20.3 Å². The van der Waals surface area contributed by atoms with Crippen LogP contribution in [-0.2, 0) is 17.8 Å². The summed E-state index contributed by atoms with van der Waals surface area (Å²) in [6.07, 6.45) is 0.783. The van der Waals surface area contributed by atoms with Crippen LogP contribution in [0.15, 0.2) is 22.7 Å². The van der Waals surface area contributed by atoms with Crippen LogP contribution in [0, 0.1) is 0 Å². The highest BCUT2D eigenvalue weighted by atomic mass is 16.6. The van der Waals surface area contributed by atoms with Crippen molar-refractivity contribution in [1.29, 1.82) is 0 Å². The van der Waals surface area contributed by atoms with Gasteiger partial charge in [0.15, 0.2) is 17.3 Å². The highest BCUT2D eigenvalue weighted by Gasteiger charge is 2.16. The second kappa shape index (κ2) is 7.55. The van der Waals surface area contributed by atoms with Crippen LogP contribution in [-0.4, -0.2) is 41.2 Å². The first kappa shape index (κ1) is 17.3. The Morgan fingerprint density at radius 2 is 2.00 bits per heavy atom. The number of fused-ring (bicyclic) bond motifs is 1. The van der Waals surface area contributed by atoms with Crippen LogP contribution >= 0.6 is 0 Å². The predicted octanol–water partition coefficient (Wildman–Crippen LogP) is 2.56.